The molecule has 0 spiro atoms. The number of hydrogen-bond acceptors (Lipinski definition) is 5. The first-order valence-electron chi connectivity index (χ1n) is 11.4. The molecule has 0 aromatic heterocycles. The fourth-order valence-corrected chi connectivity index (χ4v) is 3.89. The SMILES string of the molecule is N#Cc1ccccc1C(=CC(=O)OC(=O)C=C(c1ccccc1)c1ccccc1C#N)c1ccccc1. The van der Waals surface area contributed by atoms with Gasteiger partial charge in [0.2, 0.25) is 0 Å². The number of hydrogen-bond donors (Lipinski definition) is 0. The lowest BCUT2D eigenvalue weighted by Crippen LogP contribution is -2.10. The van der Waals surface area contributed by atoms with Crippen LogP contribution in [0.2, 0.25) is 0 Å². The fourth-order valence-electron chi connectivity index (χ4n) is 3.89. The van der Waals surface area contributed by atoms with Gasteiger partial charge in [0, 0.05) is 23.3 Å². The molecule has 0 aliphatic rings. The lowest BCUT2D eigenvalue weighted by molar-refractivity contribution is -0.152. The summed E-state index contributed by atoms with van der Waals surface area (Å²) < 4.78 is 5.15. The van der Waals surface area contributed by atoms with E-state index in [9.17, 15) is 20.1 Å². The Morgan fingerprint density at radius 1 is 0.541 bits per heavy atom. The number of carbonyl (C=O) groups is 2. The topological polar surface area (TPSA) is 90.9 Å². The Bertz CT molecular complexity index is 1470. The molecule has 5 heteroatoms. The zero-order chi connectivity index (χ0) is 26.0. The first kappa shape index (κ1) is 24.6. The van der Waals surface area contributed by atoms with E-state index in [1.165, 1.54) is 12.2 Å². The average Bonchev–Trinajstić information content (AvgIpc) is 2.95. The molecule has 0 aliphatic heterocycles. The summed E-state index contributed by atoms with van der Waals surface area (Å²) in [4.78, 5) is 25.8. The molecule has 5 nitrogen and oxygen atoms in total. The van der Waals surface area contributed by atoms with Crippen molar-refractivity contribution < 1.29 is 14.3 Å². The maximum Gasteiger partial charge on any atom is 0.339 e. The largest absolute Gasteiger partial charge is 0.387 e. The summed E-state index contributed by atoms with van der Waals surface area (Å²) in [6.45, 7) is 0. The van der Waals surface area contributed by atoms with E-state index in [0.29, 0.717) is 44.5 Å². The van der Waals surface area contributed by atoms with Gasteiger partial charge < -0.3 is 4.74 Å². The van der Waals surface area contributed by atoms with E-state index in [1.54, 1.807) is 72.8 Å². The van der Waals surface area contributed by atoms with E-state index in [2.05, 4.69) is 12.1 Å². The van der Waals surface area contributed by atoms with Crippen LogP contribution in [-0.4, -0.2) is 11.9 Å². The van der Waals surface area contributed by atoms with Gasteiger partial charge in [-0.2, -0.15) is 10.5 Å². The molecule has 0 unspecified atom stereocenters. The van der Waals surface area contributed by atoms with Gasteiger partial charge in [0.25, 0.3) is 0 Å². The van der Waals surface area contributed by atoms with Crippen molar-refractivity contribution in [2.24, 2.45) is 0 Å². The zero-order valence-corrected chi connectivity index (χ0v) is 19.7. The van der Waals surface area contributed by atoms with Crippen LogP contribution in [0.15, 0.2) is 121 Å². The minimum atomic E-state index is -0.881. The highest BCUT2D eigenvalue weighted by atomic mass is 16.6. The van der Waals surface area contributed by atoms with Gasteiger partial charge in [-0.1, -0.05) is 97.1 Å². The normalized spacial score (nSPS) is 11.2. The molecule has 0 heterocycles. The third kappa shape index (κ3) is 5.95. The molecule has 0 atom stereocenters. The summed E-state index contributed by atoms with van der Waals surface area (Å²) >= 11 is 0. The van der Waals surface area contributed by atoms with Crippen molar-refractivity contribution in [2.45, 2.75) is 0 Å². The monoisotopic (exact) mass is 480 g/mol. The van der Waals surface area contributed by atoms with Crippen LogP contribution in [0.5, 0.6) is 0 Å². The van der Waals surface area contributed by atoms with E-state index >= 15 is 0 Å². The van der Waals surface area contributed by atoms with Crippen LogP contribution >= 0.6 is 0 Å². The van der Waals surface area contributed by atoms with Crippen molar-refractivity contribution >= 4 is 23.1 Å². The summed E-state index contributed by atoms with van der Waals surface area (Å²) in [6, 6.07) is 36.2. The number of esters is 2. The summed E-state index contributed by atoms with van der Waals surface area (Å²) in [5.74, 6) is -1.76. The fraction of sp³-hybridized carbons (Fsp3) is 0. The first-order valence-corrected chi connectivity index (χ1v) is 11.4. The maximum atomic E-state index is 12.9. The Kier molecular flexibility index (Phi) is 7.81. The summed E-state index contributed by atoms with van der Waals surface area (Å²) in [6.07, 6.45) is 2.42. The summed E-state index contributed by atoms with van der Waals surface area (Å²) in [5.41, 5.74) is 4.16. The molecule has 0 N–H and O–H groups in total. The lowest BCUT2D eigenvalue weighted by Gasteiger charge is -2.11. The number of ether oxygens (including phenoxy) is 1. The molecular weight excluding hydrogens is 460 g/mol. The predicted molar refractivity (Wildman–Crippen MR) is 140 cm³/mol. The van der Waals surface area contributed by atoms with Crippen molar-refractivity contribution in [1.82, 2.24) is 0 Å². The molecule has 0 aliphatic carbocycles. The smallest absolute Gasteiger partial charge is 0.339 e. The van der Waals surface area contributed by atoms with Crippen molar-refractivity contribution in [1.29, 1.82) is 10.5 Å². The summed E-state index contributed by atoms with van der Waals surface area (Å²) in [7, 11) is 0. The van der Waals surface area contributed by atoms with Crippen molar-refractivity contribution in [3.8, 4) is 12.1 Å². The van der Waals surface area contributed by atoms with Crippen LogP contribution in [0.4, 0.5) is 0 Å². The second kappa shape index (κ2) is 11.8. The Labute approximate surface area is 214 Å². The van der Waals surface area contributed by atoms with Gasteiger partial charge in [-0.3, -0.25) is 0 Å². The number of nitriles is 2. The van der Waals surface area contributed by atoms with E-state index in [1.807, 2.05) is 36.4 Å². The van der Waals surface area contributed by atoms with E-state index in [4.69, 9.17) is 4.74 Å². The average molecular weight is 481 g/mol. The standard InChI is InChI=1S/C32H20N2O3/c33-21-25-15-7-9-17-27(25)29(23-11-3-1-4-12-23)19-31(35)37-32(36)20-30(24-13-5-2-6-14-24)28-18-10-8-16-26(28)22-34/h1-20H. The van der Waals surface area contributed by atoms with Gasteiger partial charge in [-0.25, -0.2) is 9.59 Å². The van der Waals surface area contributed by atoms with Gasteiger partial charge >= 0.3 is 11.9 Å². The molecule has 0 radical (unpaired) electrons. The number of carbonyl (C=O) groups excluding carboxylic acids is 2. The molecule has 0 saturated carbocycles. The molecule has 0 fully saturated rings. The highest BCUT2D eigenvalue weighted by molar-refractivity contribution is 6.06. The van der Waals surface area contributed by atoms with Gasteiger partial charge in [0.05, 0.1) is 23.3 Å². The van der Waals surface area contributed by atoms with Gasteiger partial charge in [-0.15, -0.1) is 0 Å². The molecule has 0 bridgehead atoms. The maximum absolute atomic E-state index is 12.9. The van der Waals surface area contributed by atoms with E-state index in [-0.39, 0.29) is 0 Å². The molecule has 176 valence electrons. The summed E-state index contributed by atoms with van der Waals surface area (Å²) in [5, 5.41) is 19.1. The van der Waals surface area contributed by atoms with Crippen LogP contribution in [0.3, 0.4) is 0 Å². The lowest BCUT2D eigenvalue weighted by atomic mass is 9.94. The molecule has 4 aromatic carbocycles. The molecule has 4 aromatic rings. The van der Waals surface area contributed by atoms with Crippen LogP contribution in [-0.2, 0) is 14.3 Å². The Morgan fingerprint density at radius 3 is 1.27 bits per heavy atom. The number of benzene rings is 4. The first-order chi connectivity index (χ1) is 18.1. The highest BCUT2D eigenvalue weighted by Crippen LogP contribution is 2.28. The second-order valence-corrected chi connectivity index (χ2v) is 7.90. The molecule has 4 rings (SSSR count). The zero-order valence-electron chi connectivity index (χ0n) is 19.7. The van der Waals surface area contributed by atoms with Crippen molar-refractivity contribution in [3.05, 3.63) is 155 Å². The van der Waals surface area contributed by atoms with Gasteiger partial charge in [0.15, 0.2) is 0 Å². The molecule has 0 amide bonds. The number of rotatable bonds is 6. The highest BCUT2D eigenvalue weighted by Gasteiger charge is 2.16. The molecule has 0 saturated heterocycles. The van der Waals surface area contributed by atoms with Gasteiger partial charge in [0.1, 0.15) is 0 Å². The van der Waals surface area contributed by atoms with Crippen LogP contribution in [0.25, 0.3) is 11.1 Å². The van der Waals surface area contributed by atoms with Crippen LogP contribution < -0.4 is 0 Å². The Hall–Kier alpha value is -5.52. The second-order valence-electron chi connectivity index (χ2n) is 7.90. The van der Waals surface area contributed by atoms with Crippen molar-refractivity contribution in [2.75, 3.05) is 0 Å². The third-order valence-electron chi connectivity index (χ3n) is 5.57. The molecular formula is C32H20N2O3. The van der Waals surface area contributed by atoms with Gasteiger partial charge in [-0.05, 0) is 34.4 Å². The minimum Gasteiger partial charge on any atom is -0.387 e. The third-order valence-corrected chi connectivity index (χ3v) is 5.57. The number of nitrogens with zero attached hydrogens (tertiary/aromatic N) is 2. The minimum absolute atomic E-state index is 0.385. The molecule has 37 heavy (non-hydrogen) atoms. The van der Waals surface area contributed by atoms with E-state index in [0.717, 1.165) is 0 Å². The van der Waals surface area contributed by atoms with E-state index < -0.39 is 11.9 Å². The van der Waals surface area contributed by atoms with Crippen molar-refractivity contribution in [3.63, 3.8) is 0 Å². The Morgan fingerprint density at radius 2 is 0.892 bits per heavy atom. The van der Waals surface area contributed by atoms with Crippen LogP contribution in [0, 0.1) is 22.7 Å². The predicted octanol–water partition coefficient (Wildman–Crippen LogP) is 6.06. The quantitative estimate of drug-likeness (QED) is 0.190. The van der Waals surface area contributed by atoms with Crippen LogP contribution in [0.1, 0.15) is 33.4 Å². The Balaban J connectivity index is 1.71.